The van der Waals surface area contributed by atoms with Crippen molar-refractivity contribution in [1.82, 2.24) is 20.9 Å². The summed E-state index contributed by atoms with van der Waals surface area (Å²) in [6.07, 6.45) is 3.20. The van der Waals surface area contributed by atoms with Crippen LogP contribution < -0.4 is 27.4 Å². The highest BCUT2D eigenvalue weighted by atomic mass is 32.1. The first kappa shape index (κ1) is 28.1. The van der Waals surface area contributed by atoms with Crippen molar-refractivity contribution in [2.75, 3.05) is 12.3 Å². The lowest BCUT2D eigenvalue weighted by Gasteiger charge is -2.23. The van der Waals surface area contributed by atoms with Crippen LogP contribution in [0.2, 0.25) is 0 Å². The van der Waals surface area contributed by atoms with Crippen LogP contribution in [-0.2, 0) is 25.6 Å². The minimum Gasteiger partial charge on any atom is -0.480 e. The number of carbonyl (C=O) groups excluding carboxylic acids is 3. The standard InChI is InChI=1S/C23H34N6O5S/c1-13(27-21(31)16(25)12-35)20(30)28-18(8-4-5-9-24)22(32)29-19(23(33)34)10-14-11-26-17-7-3-2-6-15(14)17/h2-3,6-7,11,13,16,18-19,26,35H,4-5,8-10,12,24-25H2,1H3,(H,27,31)(H,28,30)(H,29,32)(H,33,34). The predicted octanol–water partition coefficient (Wildman–Crippen LogP) is -0.345. The fourth-order valence-electron chi connectivity index (χ4n) is 3.52. The summed E-state index contributed by atoms with van der Waals surface area (Å²) >= 11 is 3.96. The Hall–Kier alpha value is -3.09. The van der Waals surface area contributed by atoms with E-state index in [0.717, 1.165) is 16.5 Å². The molecule has 9 N–H and O–H groups in total. The summed E-state index contributed by atoms with van der Waals surface area (Å²) < 4.78 is 0. The Kier molecular flexibility index (Phi) is 11.0. The highest BCUT2D eigenvalue weighted by molar-refractivity contribution is 7.80. The van der Waals surface area contributed by atoms with Crippen molar-refractivity contribution in [2.24, 2.45) is 11.5 Å². The summed E-state index contributed by atoms with van der Waals surface area (Å²) in [4.78, 5) is 52.7. The molecule has 192 valence electrons. The average molecular weight is 507 g/mol. The number of carbonyl (C=O) groups is 4. The summed E-state index contributed by atoms with van der Waals surface area (Å²) in [5.41, 5.74) is 12.8. The second-order valence-corrected chi connectivity index (χ2v) is 8.69. The molecule has 0 aliphatic heterocycles. The lowest BCUT2D eigenvalue weighted by atomic mass is 10.0. The first-order chi connectivity index (χ1) is 16.7. The normalized spacial score (nSPS) is 14.5. The Morgan fingerprint density at radius 3 is 2.37 bits per heavy atom. The maximum Gasteiger partial charge on any atom is 0.326 e. The predicted molar refractivity (Wildman–Crippen MR) is 136 cm³/mol. The Balaban J connectivity index is 2.10. The van der Waals surface area contributed by atoms with Crippen molar-refractivity contribution in [3.63, 3.8) is 0 Å². The number of hydrogen-bond acceptors (Lipinski definition) is 7. The van der Waals surface area contributed by atoms with Crippen molar-refractivity contribution in [2.45, 2.75) is 56.8 Å². The van der Waals surface area contributed by atoms with Gasteiger partial charge < -0.3 is 37.5 Å². The molecule has 0 fully saturated rings. The molecule has 0 radical (unpaired) electrons. The number of carboxylic acid groups (broad SMARTS) is 1. The van der Waals surface area contributed by atoms with Crippen LogP contribution in [0.25, 0.3) is 10.9 Å². The van der Waals surface area contributed by atoms with Gasteiger partial charge in [-0.05, 0) is 44.4 Å². The summed E-state index contributed by atoms with van der Waals surface area (Å²) in [6, 6.07) is 3.41. The van der Waals surface area contributed by atoms with Gasteiger partial charge in [-0.15, -0.1) is 0 Å². The molecular weight excluding hydrogens is 472 g/mol. The largest absolute Gasteiger partial charge is 0.480 e. The summed E-state index contributed by atoms with van der Waals surface area (Å²) in [7, 11) is 0. The molecule has 0 saturated heterocycles. The molecule has 0 bridgehead atoms. The molecule has 0 aliphatic carbocycles. The van der Waals surface area contributed by atoms with E-state index in [-0.39, 0.29) is 18.6 Å². The van der Waals surface area contributed by atoms with Gasteiger partial charge in [-0.25, -0.2) is 4.79 Å². The minimum atomic E-state index is -1.21. The van der Waals surface area contributed by atoms with Gasteiger partial charge in [-0.3, -0.25) is 14.4 Å². The number of aromatic nitrogens is 1. The molecule has 1 heterocycles. The van der Waals surface area contributed by atoms with E-state index in [1.807, 2.05) is 24.3 Å². The molecule has 3 amide bonds. The van der Waals surface area contributed by atoms with E-state index in [4.69, 9.17) is 11.5 Å². The topological polar surface area (TPSA) is 192 Å². The van der Waals surface area contributed by atoms with Gasteiger partial charge in [0.2, 0.25) is 17.7 Å². The quantitative estimate of drug-likeness (QED) is 0.127. The van der Waals surface area contributed by atoms with Crippen molar-refractivity contribution >= 4 is 47.2 Å². The van der Waals surface area contributed by atoms with Crippen molar-refractivity contribution in [3.05, 3.63) is 36.0 Å². The first-order valence-electron chi connectivity index (χ1n) is 11.4. The van der Waals surface area contributed by atoms with Crippen LogP contribution in [0.5, 0.6) is 0 Å². The molecule has 0 aliphatic rings. The third kappa shape index (κ3) is 8.26. The SMILES string of the molecule is CC(NC(=O)C(N)CS)C(=O)NC(CCCCN)C(=O)NC(Cc1c[nH]c2ccccc12)C(=O)O. The lowest BCUT2D eigenvalue weighted by Crippen LogP contribution is -2.56. The molecule has 11 nitrogen and oxygen atoms in total. The maximum absolute atomic E-state index is 13.0. The Bertz CT molecular complexity index is 1030. The average Bonchev–Trinajstić information content (AvgIpc) is 3.24. The zero-order chi connectivity index (χ0) is 26.0. The number of hydrogen-bond donors (Lipinski definition) is 8. The number of benzene rings is 1. The molecule has 1 aromatic carbocycles. The number of aromatic amines is 1. The fourth-order valence-corrected chi connectivity index (χ4v) is 3.69. The van der Waals surface area contributed by atoms with Gasteiger partial charge in [0, 0.05) is 29.3 Å². The summed E-state index contributed by atoms with van der Waals surface area (Å²) in [5.74, 6) is -2.86. The van der Waals surface area contributed by atoms with Gasteiger partial charge in [0.15, 0.2) is 0 Å². The molecule has 35 heavy (non-hydrogen) atoms. The molecule has 4 unspecified atom stereocenters. The van der Waals surface area contributed by atoms with E-state index >= 15 is 0 Å². The Morgan fingerprint density at radius 2 is 1.71 bits per heavy atom. The fraction of sp³-hybridized carbons (Fsp3) is 0.478. The molecule has 1 aromatic heterocycles. The summed E-state index contributed by atoms with van der Waals surface area (Å²) in [5, 5.41) is 18.2. The molecule has 0 saturated carbocycles. The number of nitrogens with one attached hydrogen (secondary N) is 4. The Morgan fingerprint density at radius 1 is 1.03 bits per heavy atom. The van der Waals surface area contributed by atoms with E-state index in [0.29, 0.717) is 19.4 Å². The van der Waals surface area contributed by atoms with Crippen LogP contribution in [0, 0.1) is 0 Å². The third-order valence-electron chi connectivity index (χ3n) is 5.58. The van der Waals surface area contributed by atoms with Gasteiger partial charge in [0.25, 0.3) is 0 Å². The second-order valence-electron chi connectivity index (χ2n) is 8.33. The number of H-pyrrole nitrogens is 1. The van der Waals surface area contributed by atoms with E-state index in [2.05, 4.69) is 33.6 Å². The van der Waals surface area contributed by atoms with Crippen LogP contribution in [0.4, 0.5) is 0 Å². The molecule has 0 spiro atoms. The molecule has 2 rings (SSSR count). The van der Waals surface area contributed by atoms with Gasteiger partial charge in [-0.2, -0.15) is 12.6 Å². The smallest absolute Gasteiger partial charge is 0.326 e. The molecule has 4 atom stereocenters. The van der Waals surface area contributed by atoms with Crippen LogP contribution >= 0.6 is 12.6 Å². The van der Waals surface area contributed by atoms with Crippen LogP contribution in [-0.4, -0.2) is 70.2 Å². The number of nitrogens with two attached hydrogens (primary N) is 2. The number of rotatable bonds is 14. The molecule has 2 aromatic rings. The monoisotopic (exact) mass is 506 g/mol. The Labute approximate surface area is 209 Å². The van der Waals surface area contributed by atoms with E-state index in [9.17, 15) is 24.3 Å². The highest BCUT2D eigenvalue weighted by Crippen LogP contribution is 2.19. The third-order valence-corrected chi connectivity index (χ3v) is 5.97. The van der Waals surface area contributed by atoms with Crippen molar-refractivity contribution in [3.8, 4) is 0 Å². The lowest BCUT2D eigenvalue weighted by molar-refractivity contribution is -0.142. The van der Waals surface area contributed by atoms with E-state index < -0.39 is 47.9 Å². The molecule has 12 heteroatoms. The number of thiol groups is 1. The number of aliphatic carboxylic acids is 1. The van der Waals surface area contributed by atoms with Gasteiger partial charge in [0.1, 0.15) is 18.1 Å². The van der Waals surface area contributed by atoms with Crippen molar-refractivity contribution < 1.29 is 24.3 Å². The van der Waals surface area contributed by atoms with Crippen LogP contribution in [0.3, 0.4) is 0 Å². The number of para-hydroxylation sites is 1. The zero-order valence-corrected chi connectivity index (χ0v) is 20.5. The number of carboxylic acids is 1. The van der Waals surface area contributed by atoms with Gasteiger partial charge in [-0.1, -0.05) is 18.2 Å². The number of amides is 3. The summed E-state index contributed by atoms with van der Waals surface area (Å²) in [6.45, 7) is 1.87. The number of fused-ring (bicyclic) bond motifs is 1. The maximum atomic E-state index is 13.0. The van der Waals surface area contributed by atoms with Gasteiger partial charge >= 0.3 is 5.97 Å². The van der Waals surface area contributed by atoms with E-state index in [1.54, 1.807) is 6.20 Å². The molecular formula is C23H34N6O5S. The van der Waals surface area contributed by atoms with Crippen molar-refractivity contribution in [1.29, 1.82) is 0 Å². The first-order valence-corrected chi connectivity index (χ1v) is 12.1. The van der Waals surface area contributed by atoms with Crippen LogP contribution in [0.1, 0.15) is 31.7 Å². The van der Waals surface area contributed by atoms with Crippen LogP contribution in [0.15, 0.2) is 30.5 Å². The van der Waals surface area contributed by atoms with Gasteiger partial charge in [0.05, 0.1) is 6.04 Å². The van der Waals surface area contributed by atoms with E-state index in [1.165, 1.54) is 6.92 Å². The highest BCUT2D eigenvalue weighted by Gasteiger charge is 2.29. The zero-order valence-electron chi connectivity index (χ0n) is 19.6. The second kappa shape index (κ2) is 13.7. The number of unbranched alkanes of at least 4 members (excludes halogenated alkanes) is 1. The minimum absolute atomic E-state index is 0.0582.